The summed E-state index contributed by atoms with van der Waals surface area (Å²) in [4.78, 5) is 5.66. The third-order valence-electron chi connectivity index (χ3n) is 2.47. The number of rotatable bonds is 6. The predicted octanol–water partition coefficient (Wildman–Crippen LogP) is 3.36. The van der Waals surface area contributed by atoms with Crippen LogP contribution in [0.1, 0.15) is 24.6 Å². The van der Waals surface area contributed by atoms with Crippen molar-refractivity contribution in [2.75, 3.05) is 5.32 Å². The number of hydrogen-bond acceptors (Lipinski definition) is 3. The summed E-state index contributed by atoms with van der Waals surface area (Å²) in [5, 5.41) is 5.46. The largest absolute Gasteiger partial charge is 0.351 e. The molecule has 0 unspecified atom stereocenters. The molecule has 0 bridgehead atoms. The Bertz CT molecular complexity index is 406. The summed E-state index contributed by atoms with van der Waals surface area (Å²) in [7, 11) is 0. The highest BCUT2D eigenvalue weighted by atomic mass is 32.1. The Kier molecular flexibility index (Phi) is 3.99. The van der Waals surface area contributed by atoms with Gasteiger partial charge in [0.1, 0.15) is 0 Å². The molecule has 4 heteroatoms. The van der Waals surface area contributed by atoms with Crippen LogP contribution in [-0.2, 0) is 13.1 Å². The van der Waals surface area contributed by atoms with Gasteiger partial charge in [-0.15, -0.1) is 11.3 Å². The van der Waals surface area contributed by atoms with Crippen LogP contribution in [-0.4, -0.2) is 9.55 Å². The van der Waals surface area contributed by atoms with Gasteiger partial charge in [-0.05, 0) is 17.9 Å². The number of nitrogens with one attached hydrogen (secondary N) is 1. The maximum atomic E-state index is 4.33. The third kappa shape index (κ3) is 2.85. The van der Waals surface area contributed by atoms with Crippen molar-refractivity contribution in [2.45, 2.75) is 32.9 Å². The minimum atomic E-state index is 0.862. The second-order valence-corrected chi connectivity index (χ2v) is 4.76. The number of imidazole rings is 1. The molecule has 2 aromatic rings. The molecule has 1 N–H and O–H groups in total. The molecule has 2 aromatic heterocycles. The second kappa shape index (κ2) is 5.70. The SMILES string of the molecule is CCCCn1ccnc1NCc1cccs1. The van der Waals surface area contributed by atoms with Crippen LogP contribution in [0.4, 0.5) is 5.95 Å². The number of nitrogens with zero attached hydrogens (tertiary/aromatic N) is 2. The second-order valence-electron chi connectivity index (χ2n) is 3.73. The average Bonchev–Trinajstić information content (AvgIpc) is 2.94. The van der Waals surface area contributed by atoms with E-state index in [-0.39, 0.29) is 0 Å². The summed E-state index contributed by atoms with van der Waals surface area (Å²) >= 11 is 1.77. The van der Waals surface area contributed by atoms with Crippen LogP contribution in [0.15, 0.2) is 29.9 Å². The highest BCUT2D eigenvalue weighted by molar-refractivity contribution is 7.09. The monoisotopic (exact) mass is 235 g/mol. The molecule has 0 aliphatic rings. The van der Waals surface area contributed by atoms with Crippen molar-refractivity contribution >= 4 is 17.3 Å². The van der Waals surface area contributed by atoms with Gasteiger partial charge in [-0.2, -0.15) is 0 Å². The predicted molar refractivity (Wildman–Crippen MR) is 68.8 cm³/mol. The molecule has 3 nitrogen and oxygen atoms in total. The molecule has 2 heterocycles. The molecule has 0 amide bonds. The van der Waals surface area contributed by atoms with Gasteiger partial charge >= 0.3 is 0 Å². The summed E-state index contributed by atoms with van der Waals surface area (Å²) in [5.41, 5.74) is 0. The van der Waals surface area contributed by atoms with E-state index in [4.69, 9.17) is 0 Å². The number of hydrogen-bond donors (Lipinski definition) is 1. The molecule has 16 heavy (non-hydrogen) atoms. The molecule has 0 aromatic carbocycles. The van der Waals surface area contributed by atoms with Gasteiger partial charge in [-0.25, -0.2) is 4.98 Å². The topological polar surface area (TPSA) is 29.9 Å². The first-order valence-electron chi connectivity index (χ1n) is 5.67. The van der Waals surface area contributed by atoms with Crippen molar-refractivity contribution in [1.82, 2.24) is 9.55 Å². The first kappa shape index (κ1) is 11.2. The van der Waals surface area contributed by atoms with E-state index in [1.165, 1.54) is 17.7 Å². The van der Waals surface area contributed by atoms with Crippen LogP contribution in [0, 0.1) is 0 Å². The van der Waals surface area contributed by atoms with Gasteiger partial charge in [0.05, 0.1) is 6.54 Å². The lowest BCUT2D eigenvalue weighted by molar-refractivity contribution is 0.635. The Morgan fingerprint density at radius 1 is 1.50 bits per heavy atom. The van der Waals surface area contributed by atoms with Crippen molar-refractivity contribution < 1.29 is 0 Å². The number of thiophene rings is 1. The standard InChI is InChI=1S/C12H17N3S/c1-2-3-7-15-8-6-13-12(15)14-10-11-5-4-9-16-11/h4-6,8-9H,2-3,7,10H2,1H3,(H,13,14). The van der Waals surface area contributed by atoms with Crippen molar-refractivity contribution in [3.63, 3.8) is 0 Å². The minimum absolute atomic E-state index is 0.862. The van der Waals surface area contributed by atoms with Crippen molar-refractivity contribution in [1.29, 1.82) is 0 Å². The maximum absolute atomic E-state index is 4.33. The fourth-order valence-corrected chi connectivity index (χ4v) is 2.21. The van der Waals surface area contributed by atoms with E-state index in [0.29, 0.717) is 0 Å². The Labute approximate surface area is 100 Å². The summed E-state index contributed by atoms with van der Waals surface area (Å²) in [6.45, 7) is 4.11. The molecule has 2 rings (SSSR count). The Balaban J connectivity index is 1.91. The molecule has 0 aliphatic carbocycles. The van der Waals surface area contributed by atoms with Crippen molar-refractivity contribution in [2.24, 2.45) is 0 Å². The van der Waals surface area contributed by atoms with Gasteiger partial charge < -0.3 is 9.88 Å². The van der Waals surface area contributed by atoms with Crippen molar-refractivity contribution in [3.8, 4) is 0 Å². The lowest BCUT2D eigenvalue weighted by Crippen LogP contribution is -2.06. The number of aryl methyl sites for hydroxylation is 1. The molecule has 86 valence electrons. The van der Waals surface area contributed by atoms with Gasteiger partial charge in [0, 0.05) is 23.8 Å². The zero-order valence-corrected chi connectivity index (χ0v) is 10.3. The van der Waals surface area contributed by atoms with Crippen LogP contribution in [0.25, 0.3) is 0 Å². The van der Waals surface area contributed by atoms with Gasteiger partial charge in [-0.3, -0.25) is 0 Å². The van der Waals surface area contributed by atoms with E-state index in [2.05, 4.69) is 39.3 Å². The van der Waals surface area contributed by atoms with E-state index in [9.17, 15) is 0 Å². The molecule has 0 radical (unpaired) electrons. The smallest absolute Gasteiger partial charge is 0.203 e. The quantitative estimate of drug-likeness (QED) is 0.832. The van der Waals surface area contributed by atoms with E-state index in [1.54, 1.807) is 11.3 Å². The lowest BCUT2D eigenvalue weighted by Gasteiger charge is -2.08. The summed E-state index contributed by atoms with van der Waals surface area (Å²) in [5.74, 6) is 0.974. The van der Waals surface area contributed by atoms with Crippen LogP contribution in [0.5, 0.6) is 0 Å². The third-order valence-corrected chi connectivity index (χ3v) is 3.35. The first-order valence-corrected chi connectivity index (χ1v) is 6.55. The van der Waals surface area contributed by atoms with E-state index in [0.717, 1.165) is 19.0 Å². The van der Waals surface area contributed by atoms with Gasteiger partial charge in [0.2, 0.25) is 5.95 Å². The molecular weight excluding hydrogens is 218 g/mol. The van der Waals surface area contributed by atoms with Crippen LogP contribution in [0.2, 0.25) is 0 Å². The van der Waals surface area contributed by atoms with E-state index < -0.39 is 0 Å². The molecule has 0 atom stereocenters. The zero-order chi connectivity index (χ0) is 11.2. The number of unbranched alkanes of at least 4 members (excludes halogenated alkanes) is 1. The summed E-state index contributed by atoms with van der Waals surface area (Å²) < 4.78 is 2.18. The van der Waals surface area contributed by atoms with Crippen LogP contribution < -0.4 is 5.32 Å². The van der Waals surface area contributed by atoms with Crippen LogP contribution in [0.3, 0.4) is 0 Å². The van der Waals surface area contributed by atoms with E-state index in [1.807, 2.05) is 12.4 Å². The Hall–Kier alpha value is -1.29. The van der Waals surface area contributed by atoms with Gasteiger partial charge in [0.15, 0.2) is 0 Å². The Morgan fingerprint density at radius 3 is 3.19 bits per heavy atom. The highest BCUT2D eigenvalue weighted by Gasteiger charge is 2.01. The fraction of sp³-hybridized carbons (Fsp3) is 0.417. The molecule has 0 fully saturated rings. The molecular formula is C12H17N3S. The molecule has 0 saturated carbocycles. The van der Waals surface area contributed by atoms with Crippen molar-refractivity contribution in [3.05, 3.63) is 34.8 Å². The molecule has 0 saturated heterocycles. The minimum Gasteiger partial charge on any atom is -0.351 e. The summed E-state index contributed by atoms with van der Waals surface area (Å²) in [6, 6.07) is 4.21. The first-order chi connectivity index (χ1) is 7.90. The van der Waals surface area contributed by atoms with E-state index >= 15 is 0 Å². The normalized spacial score (nSPS) is 10.6. The van der Waals surface area contributed by atoms with Gasteiger partial charge in [-0.1, -0.05) is 19.4 Å². The highest BCUT2D eigenvalue weighted by Crippen LogP contribution is 2.12. The lowest BCUT2D eigenvalue weighted by atomic mass is 10.3. The molecule has 0 aliphatic heterocycles. The summed E-state index contributed by atoms with van der Waals surface area (Å²) in [6.07, 6.45) is 6.30. The van der Waals surface area contributed by atoms with Gasteiger partial charge in [0.25, 0.3) is 0 Å². The maximum Gasteiger partial charge on any atom is 0.203 e. The number of aromatic nitrogens is 2. The Morgan fingerprint density at radius 2 is 2.44 bits per heavy atom. The zero-order valence-electron chi connectivity index (χ0n) is 9.52. The fourth-order valence-electron chi connectivity index (χ4n) is 1.56. The average molecular weight is 235 g/mol. The molecule has 0 spiro atoms. The van der Waals surface area contributed by atoms with Crippen LogP contribution >= 0.6 is 11.3 Å². The number of anilines is 1.